The van der Waals surface area contributed by atoms with E-state index in [-0.39, 0.29) is 5.91 Å². The highest BCUT2D eigenvalue weighted by atomic mass is 35.5. The highest BCUT2D eigenvalue weighted by Gasteiger charge is 2.07. The SMILES string of the molecule is O=C(/C=C/c1sc2ccccc2c1Cl)NCc1ccc(Cn2ccnc2)cc1. The van der Waals surface area contributed by atoms with Crippen molar-refractivity contribution < 1.29 is 4.79 Å². The topological polar surface area (TPSA) is 46.9 Å². The molecule has 0 atom stereocenters. The molecule has 0 saturated heterocycles. The Morgan fingerprint density at radius 2 is 1.93 bits per heavy atom. The van der Waals surface area contributed by atoms with E-state index in [0.29, 0.717) is 11.6 Å². The molecule has 4 nitrogen and oxygen atoms in total. The lowest BCUT2D eigenvalue weighted by Crippen LogP contribution is -2.20. The lowest BCUT2D eigenvalue weighted by molar-refractivity contribution is -0.116. The lowest BCUT2D eigenvalue weighted by atomic mass is 10.1. The van der Waals surface area contributed by atoms with Crippen molar-refractivity contribution in [2.24, 2.45) is 0 Å². The molecule has 0 spiro atoms. The summed E-state index contributed by atoms with van der Waals surface area (Å²) in [7, 11) is 0. The number of rotatable bonds is 6. The maximum atomic E-state index is 12.1. The van der Waals surface area contributed by atoms with Crippen molar-refractivity contribution in [3.8, 4) is 0 Å². The molecule has 0 aliphatic heterocycles. The number of benzene rings is 2. The Morgan fingerprint density at radius 1 is 1.14 bits per heavy atom. The third-order valence-corrected chi connectivity index (χ3v) is 6.02. The predicted octanol–water partition coefficient (Wildman–Crippen LogP) is 5.13. The number of fused-ring (bicyclic) bond motifs is 1. The molecule has 140 valence electrons. The average Bonchev–Trinajstić information content (AvgIpc) is 3.34. The fraction of sp³-hybridized carbons (Fsp3) is 0.0909. The van der Waals surface area contributed by atoms with E-state index < -0.39 is 0 Å². The Labute approximate surface area is 172 Å². The van der Waals surface area contributed by atoms with Gasteiger partial charge in [-0.2, -0.15) is 0 Å². The monoisotopic (exact) mass is 407 g/mol. The minimum Gasteiger partial charge on any atom is -0.348 e. The van der Waals surface area contributed by atoms with E-state index in [1.165, 1.54) is 11.6 Å². The van der Waals surface area contributed by atoms with Crippen LogP contribution in [-0.2, 0) is 17.9 Å². The van der Waals surface area contributed by atoms with E-state index in [0.717, 1.165) is 27.1 Å². The van der Waals surface area contributed by atoms with Crippen LogP contribution in [0.4, 0.5) is 0 Å². The first-order valence-corrected chi connectivity index (χ1v) is 10.0. The van der Waals surface area contributed by atoms with E-state index in [1.54, 1.807) is 29.9 Å². The average molecular weight is 408 g/mol. The Balaban J connectivity index is 1.33. The molecule has 4 aromatic rings. The number of carbonyl (C=O) groups is 1. The number of hydrogen-bond donors (Lipinski definition) is 1. The molecule has 1 N–H and O–H groups in total. The van der Waals surface area contributed by atoms with Gasteiger partial charge in [0.1, 0.15) is 0 Å². The summed E-state index contributed by atoms with van der Waals surface area (Å²) in [5.41, 5.74) is 2.24. The largest absolute Gasteiger partial charge is 0.348 e. The number of nitrogens with zero attached hydrogens (tertiary/aromatic N) is 2. The fourth-order valence-corrected chi connectivity index (χ4v) is 4.29. The fourth-order valence-electron chi connectivity index (χ4n) is 2.89. The Morgan fingerprint density at radius 3 is 2.68 bits per heavy atom. The van der Waals surface area contributed by atoms with Crippen LogP contribution in [0.2, 0.25) is 5.02 Å². The van der Waals surface area contributed by atoms with E-state index in [4.69, 9.17) is 11.6 Å². The third kappa shape index (κ3) is 4.32. The molecule has 0 aliphatic carbocycles. The standard InChI is InChI=1S/C22H18ClN3OS/c23-22-18-3-1-2-4-19(18)28-20(22)9-10-21(27)25-13-16-5-7-17(8-6-16)14-26-12-11-24-15-26/h1-12,15H,13-14H2,(H,25,27)/b10-9+. The summed E-state index contributed by atoms with van der Waals surface area (Å²) in [6.07, 6.45) is 8.80. The van der Waals surface area contributed by atoms with Crippen molar-refractivity contribution in [1.29, 1.82) is 0 Å². The summed E-state index contributed by atoms with van der Waals surface area (Å²) in [6, 6.07) is 16.1. The van der Waals surface area contributed by atoms with Gasteiger partial charge >= 0.3 is 0 Å². The van der Waals surface area contributed by atoms with Gasteiger partial charge in [0.05, 0.1) is 11.3 Å². The van der Waals surface area contributed by atoms with Crippen molar-refractivity contribution in [2.45, 2.75) is 13.1 Å². The van der Waals surface area contributed by atoms with Gasteiger partial charge in [0.2, 0.25) is 5.91 Å². The van der Waals surface area contributed by atoms with Crippen LogP contribution >= 0.6 is 22.9 Å². The van der Waals surface area contributed by atoms with Crippen molar-refractivity contribution >= 4 is 45.0 Å². The normalized spacial score (nSPS) is 11.3. The van der Waals surface area contributed by atoms with E-state index >= 15 is 0 Å². The van der Waals surface area contributed by atoms with E-state index in [1.807, 2.05) is 47.2 Å². The number of halogens is 1. The molecule has 2 aromatic heterocycles. The number of carbonyl (C=O) groups excluding carboxylic acids is 1. The van der Waals surface area contributed by atoms with Gasteiger partial charge in [-0.05, 0) is 23.3 Å². The molecule has 0 bridgehead atoms. The van der Waals surface area contributed by atoms with Crippen LogP contribution in [0.5, 0.6) is 0 Å². The van der Waals surface area contributed by atoms with Crippen molar-refractivity contribution in [2.75, 3.05) is 0 Å². The zero-order valence-electron chi connectivity index (χ0n) is 15.0. The summed E-state index contributed by atoms with van der Waals surface area (Å²) < 4.78 is 3.13. The molecule has 1 amide bonds. The number of aromatic nitrogens is 2. The van der Waals surface area contributed by atoms with Gasteiger partial charge in [-0.3, -0.25) is 4.79 Å². The van der Waals surface area contributed by atoms with Crippen LogP contribution in [0.25, 0.3) is 16.2 Å². The zero-order valence-corrected chi connectivity index (χ0v) is 16.6. The molecule has 4 rings (SSSR count). The highest BCUT2D eigenvalue weighted by Crippen LogP contribution is 2.35. The molecule has 0 saturated carbocycles. The van der Waals surface area contributed by atoms with E-state index in [9.17, 15) is 4.79 Å². The molecule has 2 heterocycles. The first kappa shape index (κ1) is 18.5. The third-order valence-electron chi connectivity index (χ3n) is 4.36. The zero-order chi connectivity index (χ0) is 19.3. The number of thiophene rings is 1. The van der Waals surface area contributed by atoms with Gasteiger partial charge in [0.15, 0.2) is 0 Å². The quantitative estimate of drug-likeness (QED) is 0.450. The molecule has 0 fully saturated rings. The summed E-state index contributed by atoms with van der Waals surface area (Å²) in [6.45, 7) is 1.26. The minimum absolute atomic E-state index is 0.143. The Bertz CT molecular complexity index is 1110. The number of nitrogens with one attached hydrogen (secondary N) is 1. The maximum Gasteiger partial charge on any atom is 0.244 e. The maximum absolute atomic E-state index is 12.1. The van der Waals surface area contributed by atoms with Crippen LogP contribution in [-0.4, -0.2) is 15.5 Å². The summed E-state index contributed by atoms with van der Waals surface area (Å²) in [5.74, 6) is -0.143. The van der Waals surface area contributed by atoms with Gasteiger partial charge in [0.25, 0.3) is 0 Å². The molecule has 0 aliphatic rings. The molecule has 0 radical (unpaired) electrons. The first-order chi connectivity index (χ1) is 13.7. The Hall–Kier alpha value is -2.89. The van der Waals surface area contributed by atoms with Crippen LogP contribution in [0.1, 0.15) is 16.0 Å². The van der Waals surface area contributed by atoms with Gasteiger partial charge in [-0.1, -0.05) is 54.1 Å². The van der Waals surface area contributed by atoms with E-state index in [2.05, 4.69) is 22.4 Å². The molecule has 28 heavy (non-hydrogen) atoms. The summed E-state index contributed by atoms with van der Waals surface area (Å²) in [4.78, 5) is 17.1. The highest BCUT2D eigenvalue weighted by molar-refractivity contribution is 7.20. The van der Waals surface area contributed by atoms with Crippen molar-refractivity contribution in [3.05, 3.63) is 94.4 Å². The summed E-state index contributed by atoms with van der Waals surface area (Å²) in [5, 5.41) is 4.62. The second-order valence-electron chi connectivity index (χ2n) is 6.38. The Kier molecular flexibility index (Phi) is 5.55. The molecule has 6 heteroatoms. The molecule has 0 unspecified atom stereocenters. The second kappa shape index (κ2) is 8.42. The summed E-state index contributed by atoms with van der Waals surface area (Å²) >= 11 is 7.98. The molecule has 2 aromatic carbocycles. The van der Waals surface area contributed by atoms with Crippen LogP contribution in [0.15, 0.2) is 73.3 Å². The number of imidazole rings is 1. The lowest BCUT2D eigenvalue weighted by Gasteiger charge is -2.06. The van der Waals surface area contributed by atoms with Gasteiger partial charge in [0, 0.05) is 46.5 Å². The first-order valence-electron chi connectivity index (χ1n) is 8.85. The van der Waals surface area contributed by atoms with Crippen molar-refractivity contribution in [3.63, 3.8) is 0 Å². The molecular weight excluding hydrogens is 390 g/mol. The van der Waals surface area contributed by atoms with Gasteiger partial charge < -0.3 is 9.88 Å². The molecular formula is C22H18ClN3OS. The van der Waals surface area contributed by atoms with Crippen molar-refractivity contribution in [1.82, 2.24) is 14.9 Å². The van der Waals surface area contributed by atoms with Crippen LogP contribution < -0.4 is 5.32 Å². The minimum atomic E-state index is -0.143. The predicted molar refractivity (Wildman–Crippen MR) is 115 cm³/mol. The number of amides is 1. The smallest absolute Gasteiger partial charge is 0.244 e. The van der Waals surface area contributed by atoms with Crippen LogP contribution in [0, 0.1) is 0 Å². The van der Waals surface area contributed by atoms with Gasteiger partial charge in [-0.25, -0.2) is 4.98 Å². The van der Waals surface area contributed by atoms with Crippen LogP contribution in [0.3, 0.4) is 0 Å². The van der Waals surface area contributed by atoms with Gasteiger partial charge in [-0.15, -0.1) is 11.3 Å². The number of hydrogen-bond acceptors (Lipinski definition) is 3. The second-order valence-corrected chi connectivity index (χ2v) is 7.84.